The summed E-state index contributed by atoms with van der Waals surface area (Å²) in [5, 5.41) is 8.10. The minimum atomic E-state index is -0.428. The van der Waals surface area contributed by atoms with E-state index in [9.17, 15) is 0 Å². The van der Waals surface area contributed by atoms with Crippen LogP contribution in [0.3, 0.4) is 0 Å². The number of hydrogen-bond donors (Lipinski definition) is 1. The van der Waals surface area contributed by atoms with Crippen LogP contribution >= 0.6 is 11.3 Å². The Labute approximate surface area is 137 Å². The zero-order valence-electron chi connectivity index (χ0n) is 12.9. The molecule has 0 atom stereocenters. The van der Waals surface area contributed by atoms with Crippen molar-refractivity contribution in [1.29, 1.82) is 0 Å². The van der Waals surface area contributed by atoms with Gasteiger partial charge in [-0.2, -0.15) is 16.3 Å². The van der Waals surface area contributed by atoms with Crippen molar-refractivity contribution in [2.75, 3.05) is 0 Å². The van der Waals surface area contributed by atoms with Crippen molar-refractivity contribution in [2.45, 2.75) is 44.6 Å². The first kappa shape index (κ1) is 14.6. The standard InChI is InChI=1S/C16H18N4O2S/c1-10-12(18-14(21-10)11-4-7-23-9-11)8-13-19-15(20-22-13)16(17)5-2-3-6-16/h4,7,9H,2-3,5-6,8,17H2,1H3. The van der Waals surface area contributed by atoms with Crippen molar-refractivity contribution >= 4 is 11.3 Å². The second kappa shape index (κ2) is 5.58. The van der Waals surface area contributed by atoms with Gasteiger partial charge < -0.3 is 14.7 Å². The first-order chi connectivity index (χ1) is 11.1. The highest BCUT2D eigenvalue weighted by Gasteiger charge is 2.36. The van der Waals surface area contributed by atoms with Crippen LogP contribution in [-0.2, 0) is 12.0 Å². The SMILES string of the molecule is Cc1oc(-c2ccsc2)nc1Cc1nc(C2(N)CCCC2)no1. The first-order valence-corrected chi connectivity index (χ1v) is 8.69. The van der Waals surface area contributed by atoms with Gasteiger partial charge in [0.15, 0.2) is 5.82 Å². The maximum atomic E-state index is 6.37. The monoisotopic (exact) mass is 330 g/mol. The summed E-state index contributed by atoms with van der Waals surface area (Å²) < 4.78 is 11.1. The fourth-order valence-electron chi connectivity index (χ4n) is 3.00. The lowest BCUT2D eigenvalue weighted by Gasteiger charge is -2.17. The molecule has 0 unspecified atom stereocenters. The largest absolute Gasteiger partial charge is 0.441 e. The Morgan fingerprint density at radius 3 is 2.87 bits per heavy atom. The van der Waals surface area contributed by atoms with Gasteiger partial charge in [-0.1, -0.05) is 18.0 Å². The molecule has 3 aromatic heterocycles. The van der Waals surface area contributed by atoms with Gasteiger partial charge in [-0.05, 0) is 31.2 Å². The van der Waals surface area contributed by atoms with E-state index in [1.807, 2.05) is 23.8 Å². The fraction of sp³-hybridized carbons (Fsp3) is 0.438. The molecule has 1 aliphatic rings. The predicted molar refractivity (Wildman–Crippen MR) is 86.0 cm³/mol. The Kier molecular flexibility index (Phi) is 3.54. The molecule has 1 fully saturated rings. The summed E-state index contributed by atoms with van der Waals surface area (Å²) in [6, 6.07) is 1.99. The lowest BCUT2D eigenvalue weighted by Crippen LogP contribution is -2.34. The second-order valence-electron chi connectivity index (χ2n) is 6.09. The summed E-state index contributed by atoms with van der Waals surface area (Å²) in [5.41, 5.74) is 7.75. The second-order valence-corrected chi connectivity index (χ2v) is 6.87. The maximum Gasteiger partial charge on any atom is 0.232 e. The number of thiophene rings is 1. The van der Waals surface area contributed by atoms with Gasteiger partial charge >= 0.3 is 0 Å². The van der Waals surface area contributed by atoms with Crippen LogP contribution in [0.25, 0.3) is 11.5 Å². The topological polar surface area (TPSA) is 91.0 Å². The van der Waals surface area contributed by atoms with E-state index in [1.165, 1.54) is 0 Å². The average molecular weight is 330 g/mol. The molecule has 2 N–H and O–H groups in total. The summed E-state index contributed by atoms with van der Waals surface area (Å²) in [4.78, 5) is 9.04. The van der Waals surface area contributed by atoms with Crippen molar-refractivity contribution in [1.82, 2.24) is 15.1 Å². The summed E-state index contributed by atoms with van der Waals surface area (Å²) in [6.45, 7) is 1.90. The Morgan fingerprint density at radius 2 is 2.13 bits per heavy atom. The van der Waals surface area contributed by atoms with E-state index in [2.05, 4.69) is 15.1 Å². The molecule has 0 aromatic carbocycles. The van der Waals surface area contributed by atoms with Crippen LogP contribution in [0.4, 0.5) is 0 Å². The highest BCUT2D eigenvalue weighted by molar-refractivity contribution is 7.08. The highest BCUT2D eigenvalue weighted by atomic mass is 32.1. The Balaban J connectivity index is 1.56. The first-order valence-electron chi connectivity index (χ1n) is 7.75. The van der Waals surface area contributed by atoms with Crippen LogP contribution in [0, 0.1) is 6.92 Å². The molecule has 0 spiro atoms. The van der Waals surface area contributed by atoms with Crippen molar-refractivity contribution in [3.63, 3.8) is 0 Å². The van der Waals surface area contributed by atoms with Crippen molar-refractivity contribution in [3.8, 4) is 11.5 Å². The third-order valence-corrected chi connectivity index (χ3v) is 5.07. The molecule has 23 heavy (non-hydrogen) atoms. The average Bonchev–Trinajstić information content (AvgIpc) is 3.28. The van der Waals surface area contributed by atoms with Crippen molar-refractivity contribution in [3.05, 3.63) is 40.0 Å². The van der Waals surface area contributed by atoms with E-state index in [1.54, 1.807) is 11.3 Å². The van der Waals surface area contributed by atoms with E-state index in [-0.39, 0.29) is 0 Å². The van der Waals surface area contributed by atoms with Gasteiger partial charge in [0.05, 0.1) is 17.7 Å². The van der Waals surface area contributed by atoms with Gasteiger partial charge in [0.2, 0.25) is 11.8 Å². The quantitative estimate of drug-likeness (QED) is 0.788. The number of oxazole rings is 1. The number of nitrogens with zero attached hydrogens (tertiary/aromatic N) is 3. The van der Waals surface area contributed by atoms with Gasteiger partial charge in [0.25, 0.3) is 0 Å². The number of nitrogens with two attached hydrogens (primary N) is 1. The molecule has 0 amide bonds. The zero-order valence-corrected chi connectivity index (χ0v) is 13.7. The van der Waals surface area contributed by atoms with E-state index >= 15 is 0 Å². The molecule has 0 bridgehead atoms. The number of rotatable bonds is 4. The molecule has 0 radical (unpaired) electrons. The smallest absolute Gasteiger partial charge is 0.232 e. The fourth-order valence-corrected chi connectivity index (χ4v) is 3.63. The molecule has 7 heteroatoms. The third kappa shape index (κ3) is 2.70. The molecule has 3 aromatic rings. The molecule has 1 saturated carbocycles. The van der Waals surface area contributed by atoms with Gasteiger partial charge in [-0.15, -0.1) is 0 Å². The summed E-state index contributed by atoms with van der Waals surface area (Å²) in [5.74, 6) is 2.55. The number of aryl methyl sites for hydroxylation is 1. The molecule has 120 valence electrons. The highest BCUT2D eigenvalue weighted by Crippen LogP contribution is 2.34. The van der Waals surface area contributed by atoms with E-state index in [0.717, 1.165) is 42.7 Å². The minimum absolute atomic E-state index is 0.428. The molecule has 0 aliphatic heterocycles. The number of hydrogen-bond acceptors (Lipinski definition) is 7. The van der Waals surface area contributed by atoms with Crippen LogP contribution in [0.1, 0.15) is 48.9 Å². The van der Waals surface area contributed by atoms with E-state index in [0.29, 0.717) is 24.0 Å². The van der Waals surface area contributed by atoms with Crippen LogP contribution in [-0.4, -0.2) is 15.1 Å². The van der Waals surface area contributed by atoms with Crippen molar-refractivity contribution < 1.29 is 8.94 Å². The molecule has 3 heterocycles. The summed E-state index contributed by atoms with van der Waals surface area (Å²) >= 11 is 1.62. The molecule has 0 saturated heterocycles. The lowest BCUT2D eigenvalue weighted by molar-refractivity contribution is 0.351. The Hall–Kier alpha value is -1.99. The van der Waals surface area contributed by atoms with E-state index in [4.69, 9.17) is 14.7 Å². The third-order valence-electron chi connectivity index (χ3n) is 4.39. The van der Waals surface area contributed by atoms with Gasteiger partial charge in [0, 0.05) is 10.9 Å². The van der Waals surface area contributed by atoms with E-state index < -0.39 is 5.54 Å². The molecular weight excluding hydrogens is 312 g/mol. The van der Waals surface area contributed by atoms with Gasteiger partial charge in [-0.3, -0.25) is 0 Å². The predicted octanol–water partition coefficient (Wildman–Crippen LogP) is 3.41. The normalized spacial score (nSPS) is 17.0. The number of aromatic nitrogens is 3. The molecule has 4 rings (SSSR count). The summed E-state index contributed by atoms with van der Waals surface area (Å²) in [6.07, 6.45) is 4.52. The maximum absolute atomic E-state index is 6.37. The van der Waals surface area contributed by atoms with Crippen molar-refractivity contribution in [2.24, 2.45) is 5.73 Å². The van der Waals surface area contributed by atoms with Gasteiger partial charge in [-0.25, -0.2) is 4.98 Å². The Morgan fingerprint density at radius 1 is 1.30 bits per heavy atom. The molecule has 6 nitrogen and oxygen atoms in total. The van der Waals surface area contributed by atoms with Crippen LogP contribution < -0.4 is 5.73 Å². The zero-order chi connectivity index (χ0) is 15.9. The van der Waals surface area contributed by atoms with Crippen LogP contribution in [0.5, 0.6) is 0 Å². The van der Waals surface area contributed by atoms with Crippen LogP contribution in [0.2, 0.25) is 0 Å². The molecule has 1 aliphatic carbocycles. The molecular formula is C16H18N4O2S. The Bertz CT molecular complexity index is 800. The van der Waals surface area contributed by atoms with Gasteiger partial charge in [0.1, 0.15) is 5.76 Å². The summed E-state index contributed by atoms with van der Waals surface area (Å²) in [7, 11) is 0. The minimum Gasteiger partial charge on any atom is -0.441 e. The van der Waals surface area contributed by atoms with Crippen LogP contribution in [0.15, 0.2) is 25.8 Å². The lowest BCUT2D eigenvalue weighted by atomic mass is 9.99.